The minimum absolute atomic E-state index is 0.126. The Morgan fingerprint density at radius 1 is 1.07 bits per heavy atom. The van der Waals surface area contributed by atoms with Crippen molar-refractivity contribution in [3.63, 3.8) is 0 Å². The molecule has 0 fully saturated rings. The fraction of sp³-hybridized carbons (Fsp3) is 0.190. The zero-order valence-electron chi connectivity index (χ0n) is 15.3. The maximum Gasteiger partial charge on any atom is 0.287 e. The number of amides is 1. The number of benzene rings is 2. The van der Waals surface area contributed by atoms with E-state index >= 15 is 0 Å². The van der Waals surface area contributed by atoms with E-state index < -0.39 is 10.8 Å². The van der Waals surface area contributed by atoms with Crippen LogP contribution in [0.15, 0.2) is 74.9 Å². The molecule has 0 bridgehead atoms. The Morgan fingerprint density at radius 3 is 2.46 bits per heavy atom. The van der Waals surface area contributed by atoms with Gasteiger partial charge in [-0.2, -0.15) is 0 Å². The average Bonchev–Trinajstić information content (AvgIpc) is 3.17. The van der Waals surface area contributed by atoms with Crippen LogP contribution in [0.5, 0.6) is 0 Å². The summed E-state index contributed by atoms with van der Waals surface area (Å²) in [5, 5.41) is 2.83. The summed E-state index contributed by atoms with van der Waals surface area (Å²) in [4.78, 5) is 13.9. The topological polar surface area (TPSA) is 59.3 Å². The maximum atomic E-state index is 13.0. The predicted octanol–water partition coefficient (Wildman–Crippen LogP) is 4.42. The first-order valence-corrected chi connectivity index (χ1v) is 11.2. The van der Waals surface area contributed by atoms with Crippen molar-refractivity contribution in [2.45, 2.75) is 22.0 Å². The highest BCUT2D eigenvalue weighted by Crippen LogP contribution is 2.16. The fourth-order valence-electron chi connectivity index (χ4n) is 2.58. The van der Waals surface area contributed by atoms with Gasteiger partial charge in [-0.3, -0.25) is 9.00 Å². The molecule has 1 heterocycles. The first-order valence-electron chi connectivity index (χ1n) is 8.69. The monoisotopic (exact) mass is 417 g/mol. The minimum atomic E-state index is -1.37. The number of nitrogens with one attached hydrogen (secondary N) is 1. The first-order chi connectivity index (χ1) is 13.5. The highest BCUT2D eigenvalue weighted by molar-refractivity contribution is 7.98. The smallest absolute Gasteiger partial charge is 0.287 e. The lowest BCUT2D eigenvalue weighted by Gasteiger charge is -2.05. The predicted molar refractivity (Wildman–Crippen MR) is 109 cm³/mol. The van der Waals surface area contributed by atoms with Crippen LogP contribution in [0, 0.1) is 5.82 Å². The van der Waals surface area contributed by atoms with Gasteiger partial charge in [-0.15, -0.1) is 11.8 Å². The molecule has 1 atom stereocenters. The first kappa shape index (κ1) is 20.4. The molecule has 0 aliphatic heterocycles. The van der Waals surface area contributed by atoms with E-state index in [0.29, 0.717) is 17.2 Å². The average molecular weight is 418 g/mol. The second kappa shape index (κ2) is 9.71. The summed E-state index contributed by atoms with van der Waals surface area (Å²) in [7, 11) is -1.37. The normalized spacial score (nSPS) is 11.9. The zero-order valence-corrected chi connectivity index (χ0v) is 16.9. The van der Waals surface area contributed by atoms with Crippen molar-refractivity contribution in [1.82, 2.24) is 5.32 Å². The summed E-state index contributed by atoms with van der Waals surface area (Å²) in [6, 6.07) is 16.9. The summed E-state index contributed by atoms with van der Waals surface area (Å²) in [5.41, 5.74) is 1.15. The summed E-state index contributed by atoms with van der Waals surface area (Å²) >= 11 is 1.69. The Morgan fingerprint density at radius 2 is 1.79 bits per heavy atom. The summed E-state index contributed by atoms with van der Waals surface area (Å²) in [6.07, 6.45) is 2.75. The second-order valence-electron chi connectivity index (χ2n) is 6.06. The Labute approximate surface area is 170 Å². The van der Waals surface area contributed by atoms with Crippen molar-refractivity contribution in [3.8, 4) is 0 Å². The molecule has 0 saturated carbocycles. The highest BCUT2D eigenvalue weighted by atomic mass is 32.2. The number of hydrogen-bond donors (Lipinski definition) is 1. The van der Waals surface area contributed by atoms with E-state index in [2.05, 4.69) is 17.4 Å². The van der Waals surface area contributed by atoms with Crippen molar-refractivity contribution in [2.75, 3.05) is 12.8 Å². The Balaban J connectivity index is 1.50. The fourth-order valence-corrected chi connectivity index (χ4v) is 4.00. The van der Waals surface area contributed by atoms with Crippen molar-refractivity contribution < 1.29 is 17.8 Å². The molecule has 1 aromatic heterocycles. The van der Waals surface area contributed by atoms with Gasteiger partial charge in [0.25, 0.3) is 5.91 Å². The number of rotatable bonds is 8. The van der Waals surface area contributed by atoms with Gasteiger partial charge >= 0.3 is 0 Å². The van der Waals surface area contributed by atoms with Crippen LogP contribution in [0.4, 0.5) is 4.39 Å². The van der Waals surface area contributed by atoms with Gasteiger partial charge in [0, 0.05) is 16.3 Å². The molecular formula is C21H20FNO3S2. The van der Waals surface area contributed by atoms with E-state index in [1.165, 1.54) is 29.2 Å². The van der Waals surface area contributed by atoms with Crippen LogP contribution >= 0.6 is 11.8 Å². The molecular weight excluding hydrogens is 397 g/mol. The lowest BCUT2D eigenvalue weighted by Crippen LogP contribution is -2.25. The van der Waals surface area contributed by atoms with Gasteiger partial charge in [0.2, 0.25) is 0 Å². The Kier molecular flexibility index (Phi) is 7.06. The summed E-state index contributed by atoms with van der Waals surface area (Å²) in [5.74, 6) is 0.0718. The lowest BCUT2D eigenvalue weighted by atomic mass is 10.1. The third-order valence-electron chi connectivity index (χ3n) is 4.09. The van der Waals surface area contributed by atoms with Crippen molar-refractivity contribution in [2.24, 2.45) is 0 Å². The molecule has 4 nitrogen and oxygen atoms in total. The van der Waals surface area contributed by atoms with Crippen molar-refractivity contribution in [1.29, 1.82) is 0 Å². The van der Waals surface area contributed by atoms with Crippen molar-refractivity contribution in [3.05, 3.63) is 83.6 Å². The van der Waals surface area contributed by atoms with E-state index in [1.807, 2.05) is 18.4 Å². The maximum absolute atomic E-state index is 13.0. The van der Waals surface area contributed by atoms with E-state index in [0.717, 1.165) is 12.0 Å². The van der Waals surface area contributed by atoms with Gasteiger partial charge in [-0.05, 0) is 66.8 Å². The van der Waals surface area contributed by atoms with Crippen LogP contribution in [0.1, 0.15) is 21.9 Å². The second-order valence-corrected chi connectivity index (χ2v) is 8.39. The number of carbonyl (C=O) groups is 1. The Hall–Kier alpha value is -2.38. The number of furan rings is 1. The molecule has 0 saturated heterocycles. The summed E-state index contributed by atoms with van der Waals surface area (Å²) < 4.78 is 30.8. The molecule has 1 N–H and O–H groups in total. The molecule has 3 rings (SSSR count). The number of thioether (sulfide) groups is 1. The standard InChI is InChI=1S/C21H20FNO3S2/c1-27-18-7-2-15(3-8-18)12-13-23-21(24)20-11-6-17(26-20)14-28(25)19-9-4-16(22)5-10-19/h2-11H,12-14H2,1H3,(H,23,24). The number of halogens is 1. The van der Waals surface area contributed by atoms with Gasteiger partial charge in [-0.25, -0.2) is 4.39 Å². The molecule has 28 heavy (non-hydrogen) atoms. The minimum Gasteiger partial charge on any atom is -0.455 e. The molecule has 7 heteroatoms. The van der Waals surface area contributed by atoms with Crippen LogP contribution in [-0.2, 0) is 23.0 Å². The quantitative estimate of drug-likeness (QED) is 0.551. The van der Waals surface area contributed by atoms with Crippen LogP contribution in [0.25, 0.3) is 0 Å². The van der Waals surface area contributed by atoms with Gasteiger partial charge in [0.1, 0.15) is 11.6 Å². The molecule has 146 valence electrons. The number of carbonyl (C=O) groups excluding carboxylic acids is 1. The molecule has 0 radical (unpaired) electrons. The summed E-state index contributed by atoms with van der Waals surface area (Å²) in [6.45, 7) is 0.495. The van der Waals surface area contributed by atoms with Crippen LogP contribution in [-0.4, -0.2) is 22.9 Å². The molecule has 0 spiro atoms. The SMILES string of the molecule is CSc1ccc(CCNC(=O)c2ccc(CS(=O)c3ccc(F)cc3)o2)cc1. The molecule has 3 aromatic rings. The third kappa shape index (κ3) is 5.56. The Bertz CT molecular complexity index is 953. The van der Waals surface area contributed by atoms with E-state index in [-0.39, 0.29) is 23.2 Å². The van der Waals surface area contributed by atoms with Gasteiger partial charge < -0.3 is 9.73 Å². The van der Waals surface area contributed by atoms with Gasteiger partial charge in [-0.1, -0.05) is 12.1 Å². The molecule has 2 aromatic carbocycles. The van der Waals surface area contributed by atoms with Gasteiger partial charge in [0.05, 0.1) is 16.6 Å². The highest BCUT2D eigenvalue weighted by Gasteiger charge is 2.13. The number of hydrogen-bond acceptors (Lipinski definition) is 4. The molecule has 0 aliphatic rings. The van der Waals surface area contributed by atoms with E-state index in [1.54, 1.807) is 23.9 Å². The van der Waals surface area contributed by atoms with Crippen molar-refractivity contribution >= 4 is 28.5 Å². The third-order valence-corrected chi connectivity index (χ3v) is 6.18. The van der Waals surface area contributed by atoms with Crippen LogP contribution in [0.3, 0.4) is 0 Å². The lowest BCUT2D eigenvalue weighted by molar-refractivity contribution is 0.0925. The zero-order chi connectivity index (χ0) is 19.9. The molecule has 0 aliphatic carbocycles. The van der Waals surface area contributed by atoms with E-state index in [9.17, 15) is 13.4 Å². The van der Waals surface area contributed by atoms with Crippen LogP contribution < -0.4 is 5.32 Å². The van der Waals surface area contributed by atoms with Gasteiger partial charge in [0.15, 0.2) is 5.76 Å². The molecule has 1 amide bonds. The van der Waals surface area contributed by atoms with Crippen LogP contribution in [0.2, 0.25) is 0 Å². The largest absolute Gasteiger partial charge is 0.455 e. The van der Waals surface area contributed by atoms with E-state index in [4.69, 9.17) is 4.42 Å². The molecule has 1 unspecified atom stereocenters.